The Morgan fingerprint density at radius 3 is 2.47 bits per heavy atom. The number of imide groups is 1. The number of amides is 2. The average Bonchev–Trinajstić information content (AvgIpc) is 2.66. The Kier molecular flexibility index (Phi) is 4.00. The molecule has 1 aliphatic heterocycles. The first-order valence-electron chi connectivity index (χ1n) is 6.53. The molecule has 102 valence electrons. The molecule has 0 unspecified atom stereocenters. The summed E-state index contributed by atoms with van der Waals surface area (Å²) in [6.07, 6.45) is -0.211. The molecule has 1 aromatic rings. The molecule has 4 nitrogen and oxygen atoms in total. The second-order valence-electron chi connectivity index (χ2n) is 5.08. The smallest absolute Gasteiger partial charge is 0.232 e. The number of hydrogen-bond donors (Lipinski definition) is 0. The number of carbonyl (C=O) groups is 2. The fraction of sp³-hybridized carbons (Fsp3) is 0.467. The van der Waals surface area contributed by atoms with Gasteiger partial charge >= 0.3 is 0 Å². The molecule has 1 heterocycles. The third-order valence-corrected chi connectivity index (χ3v) is 3.24. The van der Waals surface area contributed by atoms with Gasteiger partial charge in [0.05, 0.1) is 6.10 Å². The van der Waals surface area contributed by atoms with Crippen molar-refractivity contribution < 1.29 is 14.3 Å². The summed E-state index contributed by atoms with van der Waals surface area (Å²) in [5.74, 6) is -0.499. The summed E-state index contributed by atoms with van der Waals surface area (Å²) in [7, 11) is 0. The molecule has 1 saturated heterocycles. The minimum Gasteiger partial charge on any atom is -0.354 e. The van der Waals surface area contributed by atoms with Gasteiger partial charge in [0, 0.05) is 19.3 Å². The molecule has 0 spiro atoms. The Balaban J connectivity index is 2.32. The van der Waals surface area contributed by atoms with Crippen molar-refractivity contribution >= 4 is 11.8 Å². The van der Waals surface area contributed by atoms with Crippen molar-refractivity contribution in [3.63, 3.8) is 0 Å². The minimum absolute atomic E-state index is 0.0380. The molecule has 0 aromatic heterocycles. The first-order valence-corrected chi connectivity index (χ1v) is 6.53. The maximum Gasteiger partial charge on any atom is 0.232 e. The molecule has 0 N–H and O–H groups in total. The van der Waals surface area contributed by atoms with Crippen LogP contribution in [-0.4, -0.2) is 29.0 Å². The van der Waals surface area contributed by atoms with Crippen LogP contribution in [0.25, 0.3) is 0 Å². The van der Waals surface area contributed by atoms with Crippen LogP contribution in [0.4, 0.5) is 0 Å². The van der Waals surface area contributed by atoms with E-state index in [4.69, 9.17) is 4.74 Å². The molecule has 0 aliphatic carbocycles. The van der Waals surface area contributed by atoms with Gasteiger partial charge in [-0.3, -0.25) is 14.5 Å². The number of rotatable bonds is 3. The van der Waals surface area contributed by atoms with E-state index in [0.717, 1.165) is 5.56 Å². The minimum atomic E-state index is -0.493. The standard InChI is InChI=1S/C15H19NO3/c1-10(2)19-15-13(12-7-5-4-6-8-12)9-14(18)16(15)11(3)17/h4-8,10,13,15H,9H2,1-3H3/t13-,15-/m1/s1. The summed E-state index contributed by atoms with van der Waals surface area (Å²) >= 11 is 0. The Labute approximate surface area is 113 Å². The van der Waals surface area contributed by atoms with E-state index in [1.807, 2.05) is 44.2 Å². The number of benzene rings is 1. The van der Waals surface area contributed by atoms with Crippen molar-refractivity contribution in [1.82, 2.24) is 4.90 Å². The Morgan fingerprint density at radius 1 is 1.32 bits per heavy atom. The van der Waals surface area contributed by atoms with Crippen molar-refractivity contribution in [2.24, 2.45) is 0 Å². The molecule has 4 heteroatoms. The Bertz CT molecular complexity index is 470. The molecule has 1 aromatic carbocycles. The fourth-order valence-corrected chi connectivity index (χ4v) is 2.48. The van der Waals surface area contributed by atoms with Gasteiger partial charge in [0.25, 0.3) is 0 Å². The van der Waals surface area contributed by atoms with Crippen molar-refractivity contribution in [3.8, 4) is 0 Å². The van der Waals surface area contributed by atoms with Crippen LogP contribution in [0.15, 0.2) is 30.3 Å². The Hall–Kier alpha value is -1.68. The molecular weight excluding hydrogens is 242 g/mol. The zero-order valence-electron chi connectivity index (χ0n) is 11.5. The topological polar surface area (TPSA) is 46.6 Å². The van der Waals surface area contributed by atoms with Gasteiger partial charge in [-0.05, 0) is 19.4 Å². The average molecular weight is 261 g/mol. The number of likely N-dealkylation sites (tertiary alicyclic amines) is 1. The summed E-state index contributed by atoms with van der Waals surface area (Å²) < 4.78 is 5.81. The van der Waals surface area contributed by atoms with Crippen molar-refractivity contribution in [2.75, 3.05) is 0 Å². The number of hydrogen-bond acceptors (Lipinski definition) is 3. The highest BCUT2D eigenvalue weighted by molar-refractivity contribution is 5.96. The van der Waals surface area contributed by atoms with E-state index >= 15 is 0 Å². The first kappa shape index (κ1) is 13.7. The highest BCUT2D eigenvalue weighted by Crippen LogP contribution is 2.35. The molecule has 0 bridgehead atoms. The molecular formula is C15H19NO3. The van der Waals surface area contributed by atoms with E-state index in [1.165, 1.54) is 11.8 Å². The maximum atomic E-state index is 12.0. The predicted octanol–water partition coefficient (Wildman–Crippen LogP) is 2.30. The third-order valence-electron chi connectivity index (χ3n) is 3.24. The van der Waals surface area contributed by atoms with Crippen LogP contribution in [0, 0.1) is 0 Å². The van der Waals surface area contributed by atoms with Crippen molar-refractivity contribution in [3.05, 3.63) is 35.9 Å². The summed E-state index contributed by atoms with van der Waals surface area (Å²) in [4.78, 5) is 24.9. The second kappa shape index (κ2) is 5.53. The van der Waals surface area contributed by atoms with E-state index in [0.29, 0.717) is 6.42 Å². The van der Waals surface area contributed by atoms with Crippen LogP contribution in [0.2, 0.25) is 0 Å². The van der Waals surface area contributed by atoms with E-state index in [-0.39, 0.29) is 23.8 Å². The van der Waals surface area contributed by atoms with E-state index < -0.39 is 6.23 Å². The number of ether oxygens (including phenoxy) is 1. The van der Waals surface area contributed by atoms with Crippen LogP contribution >= 0.6 is 0 Å². The summed E-state index contributed by atoms with van der Waals surface area (Å²) in [6.45, 7) is 5.22. The lowest BCUT2D eigenvalue weighted by atomic mass is 9.97. The van der Waals surface area contributed by atoms with Gasteiger partial charge < -0.3 is 4.74 Å². The maximum absolute atomic E-state index is 12.0. The van der Waals surface area contributed by atoms with E-state index in [2.05, 4.69) is 0 Å². The van der Waals surface area contributed by atoms with Gasteiger partial charge in [-0.15, -0.1) is 0 Å². The molecule has 1 fully saturated rings. The van der Waals surface area contributed by atoms with Gasteiger partial charge in [-0.2, -0.15) is 0 Å². The van der Waals surface area contributed by atoms with Crippen LogP contribution in [-0.2, 0) is 14.3 Å². The van der Waals surface area contributed by atoms with Crippen LogP contribution in [0.1, 0.15) is 38.7 Å². The highest BCUT2D eigenvalue weighted by Gasteiger charge is 2.43. The Morgan fingerprint density at radius 2 is 1.95 bits per heavy atom. The molecule has 2 rings (SSSR count). The zero-order chi connectivity index (χ0) is 14.0. The lowest BCUT2D eigenvalue weighted by Crippen LogP contribution is -2.41. The van der Waals surface area contributed by atoms with E-state index in [9.17, 15) is 9.59 Å². The second-order valence-corrected chi connectivity index (χ2v) is 5.08. The lowest BCUT2D eigenvalue weighted by Gasteiger charge is -2.28. The van der Waals surface area contributed by atoms with E-state index in [1.54, 1.807) is 0 Å². The van der Waals surface area contributed by atoms with Gasteiger partial charge in [-0.25, -0.2) is 0 Å². The van der Waals surface area contributed by atoms with Crippen LogP contribution in [0.3, 0.4) is 0 Å². The van der Waals surface area contributed by atoms with Gasteiger partial charge in [0.15, 0.2) is 0 Å². The largest absolute Gasteiger partial charge is 0.354 e. The normalized spacial score (nSPS) is 23.2. The van der Waals surface area contributed by atoms with Gasteiger partial charge in [-0.1, -0.05) is 30.3 Å². The fourth-order valence-electron chi connectivity index (χ4n) is 2.48. The van der Waals surface area contributed by atoms with Crippen molar-refractivity contribution in [2.45, 2.75) is 45.4 Å². The van der Waals surface area contributed by atoms with Crippen LogP contribution in [0.5, 0.6) is 0 Å². The van der Waals surface area contributed by atoms with Crippen molar-refractivity contribution in [1.29, 1.82) is 0 Å². The molecule has 2 amide bonds. The lowest BCUT2D eigenvalue weighted by molar-refractivity contribution is -0.155. The number of nitrogens with zero attached hydrogens (tertiary/aromatic N) is 1. The quantitative estimate of drug-likeness (QED) is 0.838. The monoisotopic (exact) mass is 261 g/mol. The predicted molar refractivity (Wildman–Crippen MR) is 71.3 cm³/mol. The van der Waals surface area contributed by atoms with Gasteiger partial charge in [0.2, 0.25) is 11.8 Å². The summed E-state index contributed by atoms with van der Waals surface area (Å²) in [5, 5.41) is 0. The first-order chi connectivity index (χ1) is 9.00. The van der Waals surface area contributed by atoms with Gasteiger partial charge in [0.1, 0.15) is 6.23 Å². The molecule has 1 aliphatic rings. The molecule has 0 saturated carbocycles. The summed E-state index contributed by atoms with van der Waals surface area (Å²) in [6, 6.07) is 9.74. The third kappa shape index (κ3) is 2.84. The van der Waals surface area contributed by atoms with Crippen LogP contribution < -0.4 is 0 Å². The molecule has 19 heavy (non-hydrogen) atoms. The number of carbonyl (C=O) groups excluding carboxylic acids is 2. The molecule has 0 radical (unpaired) electrons. The SMILES string of the molecule is CC(=O)N1C(=O)C[C@H](c2ccccc2)[C@H]1OC(C)C. The molecule has 2 atom stereocenters. The zero-order valence-corrected chi connectivity index (χ0v) is 11.5. The highest BCUT2D eigenvalue weighted by atomic mass is 16.5. The summed E-state index contributed by atoms with van der Waals surface area (Å²) in [5.41, 5.74) is 1.03.